The molecule has 0 saturated heterocycles. The molecule has 5 heteroatoms. The number of carbonyl (C=O) groups excluding carboxylic acids is 1. The number of hydrogen-bond donors (Lipinski definition) is 3. The number of nitrogens with one attached hydrogen (secondary N) is 1. The van der Waals surface area contributed by atoms with E-state index in [1.54, 1.807) is 0 Å². The summed E-state index contributed by atoms with van der Waals surface area (Å²) in [6.45, 7) is 3.95. The molecule has 0 aliphatic heterocycles. The Balaban J connectivity index is 2.87. The normalized spacial score (nSPS) is 12.4. The van der Waals surface area contributed by atoms with E-state index in [0.717, 1.165) is 0 Å². The average molecular weight is 272 g/mol. The van der Waals surface area contributed by atoms with Crippen molar-refractivity contribution < 1.29 is 15.0 Å². The van der Waals surface area contributed by atoms with Gasteiger partial charge in [-0.25, -0.2) is 0 Å². The van der Waals surface area contributed by atoms with Crippen LogP contribution in [0.4, 0.5) is 0 Å². The molecule has 0 aliphatic carbocycles. The predicted molar refractivity (Wildman–Crippen MR) is 71.2 cm³/mol. The molecule has 0 bridgehead atoms. The second-order valence-corrected chi connectivity index (χ2v) is 4.85. The molecular formula is C13H18ClNO3. The summed E-state index contributed by atoms with van der Waals surface area (Å²) in [4.78, 5) is 12.0. The number of phenols is 2. The summed E-state index contributed by atoms with van der Waals surface area (Å²) >= 11 is 5.68. The maximum Gasteiger partial charge on any atom is 0.259 e. The Kier molecular flexibility index (Phi) is 5.28. The summed E-state index contributed by atoms with van der Waals surface area (Å²) in [7, 11) is 0. The van der Waals surface area contributed by atoms with Crippen LogP contribution >= 0.6 is 11.6 Å². The van der Waals surface area contributed by atoms with Crippen LogP contribution in [0.2, 0.25) is 0 Å². The molecule has 18 heavy (non-hydrogen) atoms. The van der Waals surface area contributed by atoms with Crippen molar-refractivity contribution in [1.82, 2.24) is 5.32 Å². The summed E-state index contributed by atoms with van der Waals surface area (Å²) in [5.74, 6) is -0.299. The number of rotatable bonds is 5. The highest BCUT2D eigenvalue weighted by molar-refractivity contribution is 6.17. The van der Waals surface area contributed by atoms with Crippen LogP contribution < -0.4 is 5.32 Å². The van der Waals surface area contributed by atoms with Crippen molar-refractivity contribution in [3.63, 3.8) is 0 Å². The van der Waals surface area contributed by atoms with Crippen LogP contribution in [0.15, 0.2) is 18.2 Å². The summed E-state index contributed by atoms with van der Waals surface area (Å²) in [5.41, 5.74) is -0.0993. The van der Waals surface area contributed by atoms with Crippen molar-refractivity contribution >= 4 is 17.5 Å². The lowest BCUT2D eigenvalue weighted by molar-refractivity contribution is 0.0919. The second kappa shape index (κ2) is 6.50. The van der Waals surface area contributed by atoms with Crippen LogP contribution in [-0.4, -0.2) is 28.0 Å². The van der Waals surface area contributed by atoms with E-state index in [1.165, 1.54) is 18.2 Å². The first-order valence-corrected chi connectivity index (χ1v) is 6.38. The molecule has 1 atom stereocenters. The highest BCUT2D eigenvalue weighted by Gasteiger charge is 2.21. The number of phenolic OH excluding ortho intramolecular Hbond substituents is 2. The number of halogens is 1. The minimum absolute atomic E-state index is 0.0889. The monoisotopic (exact) mass is 271 g/mol. The molecule has 0 aliphatic rings. The molecule has 1 unspecified atom stereocenters. The molecule has 0 radical (unpaired) electrons. The molecule has 4 nitrogen and oxygen atoms in total. The largest absolute Gasteiger partial charge is 0.507 e. The number of alkyl halides is 1. The first kappa shape index (κ1) is 14.6. The molecule has 0 saturated carbocycles. The van der Waals surface area contributed by atoms with Gasteiger partial charge in [-0.05, 0) is 24.5 Å². The Morgan fingerprint density at radius 1 is 1.33 bits per heavy atom. The van der Waals surface area contributed by atoms with Crippen LogP contribution in [0.5, 0.6) is 11.5 Å². The molecule has 1 aromatic rings. The van der Waals surface area contributed by atoms with Gasteiger partial charge >= 0.3 is 0 Å². The fraction of sp³-hybridized carbons (Fsp3) is 0.462. The van der Waals surface area contributed by atoms with E-state index in [-0.39, 0.29) is 29.0 Å². The van der Waals surface area contributed by atoms with Crippen molar-refractivity contribution in [3.05, 3.63) is 23.8 Å². The number of hydrogen-bond acceptors (Lipinski definition) is 3. The van der Waals surface area contributed by atoms with Gasteiger partial charge in [-0.2, -0.15) is 0 Å². The zero-order chi connectivity index (χ0) is 13.7. The van der Waals surface area contributed by atoms with Gasteiger partial charge in [-0.3, -0.25) is 4.79 Å². The Morgan fingerprint density at radius 3 is 2.33 bits per heavy atom. The SMILES string of the molecule is CC(C)C(CCCl)NC(=O)c1c(O)cccc1O. The topological polar surface area (TPSA) is 69.6 Å². The van der Waals surface area contributed by atoms with Crippen LogP contribution in [0.25, 0.3) is 0 Å². The quantitative estimate of drug-likeness (QED) is 0.721. The fourth-order valence-electron chi connectivity index (χ4n) is 1.69. The first-order valence-electron chi connectivity index (χ1n) is 5.85. The Labute approximate surface area is 112 Å². The van der Waals surface area contributed by atoms with Crippen molar-refractivity contribution in [1.29, 1.82) is 0 Å². The van der Waals surface area contributed by atoms with Crippen molar-refractivity contribution in [3.8, 4) is 11.5 Å². The third-order valence-corrected chi connectivity index (χ3v) is 3.01. The molecule has 0 spiro atoms. The van der Waals surface area contributed by atoms with Crippen molar-refractivity contribution in [2.24, 2.45) is 5.92 Å². The highest BCUT2D eigenvalue weighted by Crippen LogP contribution is 2.26. The zero-order valence-electron chi connectivity index (χ0n) is 10.5. The van der Waals surface area contributed by atoms with Crippen LogP contribution in [0.3, 0.4) is 0 Å². The fourth-order valence-corrected chi connectivity index (χ4v) is 1.93. The van der Waals surface area contributed by atoms with Gasteiger partial charge in [0.2, 0.25) is 0 Å². The Morgan fingerprint density at radius 2 is 1.89 bits per heavy atom. The average Bonchev–Trinajstić information content (AvgIpc) is 2.28. The van der Waals surface area contributed by atoms with E-state index in [1.807, 2.05) is 13.8 Å². The highest BCUT2D eigenvalue weighted by atomic mass is 35.5. The van der Waals surface area contributed by atoms with Gasteiger partial charge in [-0.1, -0.05) is 19.9 Å². The van der Waals surface area contributed by atoms with Gasteiger partial charge in [0, 0.05) is 11.9 Å². The summed E-state index contributed by atoms with van der Waals surface area (Å²) in [5, 5.41) is 22.0. The molecular weight excluding hydrogens is 254 g/mol. The van der Waals surface area contributed by atoms with E-state index >= 15 is 0 Å². The summed E-state index contributed by atoms with van der Waals surface area (Å²) in [6, 6.07) is 4.11. The van der Waals surface area contributed by atoms with Crippen molar-refractivity contribution in [2.45, 2.75) is 26.3 Å². The zero-order valence-corrected chi connectivity index (χ0v) is 11.2. The maximum atomic E-state index is 12.0. The lowest BCUT2D eigenvalue weighted by atomic mass is 10.0. The smallest absolute Gasteiger partial charge is 0.259 e. The van der Waals surface area contributed by atoms with Crippen molar-refractivity contribution in [2.75, 3.05) is 5.88 Å². The second-order valence-electron chi connectivity index (χ2n) is 4.47. The van der Waals surface area contributed by atoms with Gasteiger partial charge in [0.15, 0.2) is 0 Å². The van der Waals surface area contributed by atoms with E-state index in [9.17, 15) is 15.0 Å². The summed E-state index contributed by atoms with van der Waals surface area (Å²) < 4.78 is 0. The lowest BCUT2D eigenvalue weighted by Crippen LogP contribution is -2.38. The van der Waals surface area contributed by atoms with Gasteiger partial charge < -0.3 is 15.5 Å². The molecule has 1 amide bonds. The maximum absolute atomic E-state index is 12.0. The Bertz CT molecular complexity index is 400. The minimum Gasteiger partial charge on any atom is -0.507 e. The van der Waals surface area contributed by atoms with E-state index in [0.29, 0.717) is 12.3 Å². The molecule has 1 rings (SSSR count). The molecule has 1 aromatic carbocycles. The Hall–Kier alpha value is -1.42. The van der Waals surface area contributed by atoms with Crippen LogP contribution in [-0.2, 0) is 0 Å². The first-order chi connectivity index (χ1) is 8.47. The van der Waals surface area contributed by atoms with Gasteiger partial charge in [-0.15, -0.1) is 11.6 Å². The number of carbonyl (C=O) groups is 1. The number of benzene rings is 1. The van der Waals surface area contributed by atoms with Gasteiger partial charge in [0.25, 0.3) is 5.91 Å². The third-order valence-electron chi connectivity index (χ3n) is 2.79. The van der Waals surface area contributed by atoms with Gasteiger partial charge in [0.1, 0.15) is 17.1 Å². The third kappa shape index (κ3) is 3.53. The molecule has 3 N–H and O–H groups in total. The minimum atomic E-state index is -0.491. The lowest BCUT2D eigenvalue weighted by Gasteiger charge is -2.21. The van der Waals surface area contributed by atoms with Crippen LogP contribution in [0, 0.1) is 5.92 Å². The summed E-state index contributed by atoms with van der Waals surface area (Å²) in [6.07, 6.45) is 0.638. The molecule has 0 fully saturated rings. The van der Waals surface area contributed by atoms with E-state index in [4.69, 9.17) is 11.6 Å². The molecule has 100 valence electrons. The van der Waals surface area contributed by atoms with Gasteiger partial charge in [0.05, 0.1) is 0 Å². The van der Waals surface area contributed by atoms with E-state index < -0.39 is 5.91 Å². The number of amides is 1. The van der Waals surface area contributed by atoms with E-state index in [2.05, 4.69) is 5.32 Å². The number of aromatic hydroxyl groups is 2. The molecule has 0 heterocycles. The molecule has 0 aromatic heterocycles. The predicted octanol–water partition coefficient (Wildman–Crippen LogP) is 2.48. The standard InChI is InChI=1S/C13H18ClNO3/c1-8(2)9(6-7-14)15-13(18)12-10(16)4-3-5-11(12)17/h3-5,8-9,16-17H,6-7H2,1-2H3,(H,15,18). The van der Waals surface area contributed by atoms with Crippen LogP contribution in [0.1, 0.15) is 30.6 Å².